The number of carbonyl (C=O) groups is 3. The van der Waals surface area contributed by atoms with Crippen LogP contribution >= 0.6 is 11.6 Å². The van der Waals surface area contributed by atoms with Crippen LogP contribution in [0.2, 0.25) is 0 Å². The van der Waals surface area contributed by atoms with Gasteiger partial charge in [-0.1, -0.05) is 31.2 Å². The molecule has 0 spiro atoms. The molecule has 12 nitrogen and oxygen atoms in total. The largest absolute Gasteiger partial charge is 0.494 e. The van der Waals surface area contributed by atoms with Gasteiger partial charge < -0.3 is 25.2 Å². The van der Waals surface area contributed by atoms with E-state index in [1.807, 2.05) is 56.0 Å². The molecule has 2 aliphatic rings. The average molecular weight is 857 g/mol. The Hall–Kier alpha value is -5.34. The SMILES string of the molecule is CCCN(CCCCC(=O)c1ccc(OCC)cc1)C(=O)C1=Cc2ccc(-c3cccc(S(=O)(=O)N4CC(CO)C4)c3)cc2N=C(N)C1.CCOc1ccc(C(=O)Cl)cc1. The highest BCUT2D eigenvalue weighted by atomic mass is 35.5. The Labute approximate surface area is 357 Å². The second kappa shape index (κ2) is 21.8. The van der Waals surface area contributed by atoms with Gasteiger partial charge in [0.05, 0.1) is 23.8 Å². The van der Waals surface area contributed by atoms with E-state index in [1.165, 1.54) is 4.31 Å². The maximum absolute atomic E-state index is 13.8. The highest BCUT2D eigenvalue weighted by Gasteiger charge is 2.36. The zero-order valence-corrected chi connectivity index (χ0v) is 35.9. The number of sulfonamides is 1. The van der Waals surface area contributed by atoms with Gasteiger partial charge >= 0.3 is 0 Å². The third-order valence-corrected chi connectivity index (χ3v) is 12.0. The smallest absolute Gasteiger partial charge is 0.252 e. The molecule has 1 saturated heterocycles. The number of benzene rings is 4. The second-order valence-electron chi connectivity index (χ2n) is 14.5. The third kappa shape index (κ3) is 12.1. The summed E-state index contributed by atoms with van der Waals surface area (Å²) in [6.45, 7) is 8.74. The lowest BCUT2D eigenvalue weighted by Crippen LogP contribution is -2.51. The summed E-state index contributed by atoms with van der Waals surface area (Å²) in [6.07, 6.45) is 4.60. The predicted molar refractivity (Wildman–Crippen MR) is 236 cm³/mol. The first kappa shape index (κ1) is 45.7. The van der Waals surface area contributed by atoms with E-state index in [1.54, 1.807) is 66.7 Å². The minimum Gasteiger partial charge on any atom is -0.494 e. The molecule has 0 aromatic heterocycles. The number of amidine groups is 1. The Morgan fingerprint density at radius 1 is 0.850 bits per heavy atom. The number of aliphatic imine (C=N–C) groups is 1. The Kier molecular flexibility index (Phi) is 16.6. The first-order chi connectivity index (χ1) is 28.9. The molecule has 6 rings (SSSR count). The maximum Gasteiger partial charge on any atom is 0.252 e. The number of hydrogen-bond acceptors (Lipinski definition) is 10. The quantitative estimate of drug-likeness (QED) is 0.0574. The number of rotatable bonds is 18. The van der Waals surface area contributed by atoms with E-state index in [2.05, 4.69) is 4.99 Å². The Morgan fingerprint density at radius 2 is 1.48 bits per heavy atom. The monoisotopic (exact) mass is 856 g/mol. The first-order valence-electron chi connectivity index (χ1n) is 20.2. The van der Waals surface area contributed by atoms with Gasteiger partial charge in [0.2, 0.25) is 15.9 Å². The lowest BCUT2D eigenvalue weighted by atomic mass is 10.0. The summed E-state index contributed by atoms with van der Waals surface area (Å²) in [5, 5.41) is 8.85. The van der Waals surface area contributed by atoms with Crippen molar-refractivity contribution in [3.8, 4) is 22.6 Å². The summed E-state index contributed by atoms with van der Waals surface area (Å²) in [7, 11) is -3.66. The van der Waals surface area contributed by atoms with Crippen LogP contribution in [0.15, 0.2) is 106 Å². The molecule has 0 atom stereocenters. The zero-order valence-electron chi connectivity index (χ0n) is 34.3. The molecule has 2 heterocycles. The normalized spacial score (nSPS) is 13.9. The molecule has 0 saturated carbocycles. The predicted octanol–water partition coefficient (Wildman–Crippen LogP) is 7.90. The van der Waals surface area contributed by atoms with E-state index in [-0.39, 0.29) is 35.5 Å². The van der Waals surface area contributed by atoms with Gasteiger partial charge in [-0.2, -0.15) is 4.31 Å². The van der Waals surface area contributed by atoms with Gasteiger partial charge in [-0.3, -0.25) is 14.4 Å². The molecule has 0 aliphatic carbocycles. The number of fused-ring (bicyclic) bond motifs is 1. The van der Waals surface area contributed by atoms with E-state index >= 15 is 0 Å². The number of Topliss-reactive ketones (excluding diaryl/α,β-unsaturated/α-hetero) is 1. The van der Waals surface area contributed by atoms with Crippen molar-refractivity contribution in [2.45, 2.75) is 57.8 Å². The van der Waals surface area contributed by atoms with Gasteiger partial charge in [0.25, 0.3) is 5.24 Å². The molecule has 0 unspecified atom stereocenters. The van der Waals surface area contributed by atoms with Crippen LogP contribution in [-0.4, -0.2) is 91.5 Å². The summed E-state index contributed by atoms with van der Waals surface area (Å²) in [6, 6.07) is 26.3. The number of carbonyl (C=O) groups excluding carboxylic acids is 3. The molecule has 4 aromatic rings. The van der Waals surface area contributed by atoms with E-state index in [0.717, 1.165) is 29.0 Å². The van der Waals surface area contributed by atoms with Crippen LogP contribution in [0.3, 0.4) is 0 Å². The van der Waals surface area contributed by atoms with Gasteiger partial charge in [0.15, 0.2) is 5.78 Å². The number of ether oxygens (including phenoxy) is 2. The Balaban J connectivity index is 0.000000489. The fraction of sp³-hybridized carbons (Fsp3) is 0.348. The number of nitrogens with zero attached hydrogens (tertiary/aromatic N) is 3. The molecular weight excluding hydrogens is 804 g/mol. The summed E-state index contributed by atoms with van der Waals surface area (Å²) in [4.78, 5) is 43.7. The van der Waals surface area contributed by atoms with Crippen molar-refractivity contribution in [2.24, 2.45) is 16.6 Å². The van der Waals surface area contributed by atoms with Crippen molar-refractivity contribution < 1.29 is 37.4 Å². The molecule has 4 aromatic carbocycles. The van der Waals surface area contributed by atoms with Crippen molar-refractivity contribution in [2.75, 3.05) is 46.0 Å². The first-order valence-corrected chi connectivity index (χ1v) is 22.1. The van der Waals surface area contributed by atoms with Crippen LogP contribution in [0.1, 0.15) is 79.2 Å². The van der Waals surface area contributed by atoms with Gasteiger partial charge in [0.1, 0.15) is 17.3 Å². The number of nitrogens with two attached hydrogens (primary N) is 1. The van der Waals surface area contributed by atoms with Crippen LogP contribution in [0, 0.1) is 5.92 Å². The lowest BCUT2D eigenvalue weighted by Gasteiger charge is -2.36. The van der Waals surface area contributed by atoms with E-state index in [0.29, 0.717) is 92.4 Å². The zero-order chi connectivity index (χ0) is 43.2. The summed E-state index contributed by atoms with van der Waals surface area (Å²) < 4.78 is 38.3. The van der Waals surface area contributed by atoms with E-state index in [9.17, 15) is 27.9 Å². The number of unbranched alkanes of at least 4 members (excludes halogenated alkanes) is 1. The number of aliphatic hydroxyl groups is 1. The van der Waals surface area contributed by atoms with Crippen molar-refractivity contribution in [3.63, 3.8) is 0 Å². The Morgan fingerprint density at radius 3 is 2.08 bits per heavy atom. The molecule has 0 radical (unpaired) electrons. The van der Waals surface area contributed by atoms with Crippen molar-refractivity contribution in [3.05, 3.63) is 113 Å². The van der Waals surface area contributed by atoms with Crippen LogP contribution in [-0.2, 0) is 14.8 Å². The lowest BCUT2D eigenvalue weighted by molar-refractivity contribution is -0.127. The number of amides is 1. The second-order valence-corrected chi connectivity index (χ2v) is 16.8. The van der Waals surface area contributed by atoms with Crippen molar-refractivity contribution in [1.29, 1.82) is 0 Å². The maximum atomic E-state index is 13.8. The molecule has 3 N–H and O–H groups in total. The average Bonchev–Trinajstić information content (AvgIpc) is 3.39. The highest BCUT2D eigenvalue weighted by Crippen LogP contribution is 2.34. The molecule has 318 valence electrons. The minimum atomic E-state index is -3.66. The van der Waals surface area contributed by atoms with E-state index in [4.69, 9.17) is 26.8 Å². The number of halogens is 1. The van der Waals surface area contributed by atoms with Crippen molar-refractivity contribution in [1.82, 2.24) is 9.21 Å². The van der Waals surface area contributed by atoms with Crippen molar-refractivity contribution >= 4 is 56.2 Å². The third-order valence-electron chi connectivity index (χ3n) is 10.00. The summed E-state index contributed by atoms with van der Waals surface area (Å²) in [5.41, 5.74) is 10.9. The number of aliphatic hydroxyl groups excluding tert-OH is 1. The van der Waals surface area contributed by atoms with Gasteiger partial charge in [-0.15, -0.1) is 0 Å². The highest BCUT2D eigenvalue weighted by molar-refractivity contribution is 7.89. The molecule has 1 amide bonds. The van der Waals surface area contributed by atoms with Crippen LogP contribution < -0.4 is 15.2 Å². The van der Waals surface area contributed by atoms with Gasteiger partial charge in [-0.05, 0) is 129 Å². The van der Waals surface area contributed by atoms with E-state index < -0.39 is 15.3 Å². The molecule has 0 bridgehead atoms. The molecular formula is C46H53ClN4O8S. The summed E-state index contributed by atoms with van der Waals surface area (Å²) >= 11 is 5.25. The fourth-order valence-corrected chi connectivity index (χ4v) is 8.56. The molecule has 1 fully saturated rings. The number of hydrogen-bond donors (Lipinski definition) is 2. The minimum absolute atomic E-state index is 0.0269. The topological polar surface area (TPSA) is 169 Å². The molecule has 14 heteroatoms. The Bertz CT molecular complexity index is 2290. The molecule has 60 heavy (non-hydrogen) atoms. The fourth-order valence-electron chi connectivity index (χ4n) is 6.80. The van der Waals surface area contributed by atoms with Crippen LogP contribution in [0.5, 0.6) is 11.5 Å². The van der Waals surface area contributed by atoms with Gasteiger partial charge in [-0.25, -0.2) is 13.4 Å². The number of ketones is 1. The van der Waals surface area contributed by atoms with Crippen LogP contribution in [0.25, 0.3) is 17.2 Å². The molecule has 2 aliphatic heterocycles. The standard InChI is InChI=1S/C37H44N4O6S.C9H9ClO2/c1-3-17-40(18-6-5-10-35(43)27-13-15-32(16-14-27)47-4-2)37(44)31-19-30-12-11-29(21-34(30)39-36(38)22-31)28-8-7-9-33(20-28)48(45,46)41-23-26(24-41)25-42;1-2-12-8-5-3-7(4-6-8)9(10)11/h7-9,11-16,19-21,26,42H,3-6,10,17-18,22-25H2,1-2H3,(H2,38,39);3-6H,2H2,1H3. The van der Waals surface area contributed by atoms with Crippen LogP contribution in [0.4, 0.5) is 5.69 Å². The summed E-state index contributed by atoms with van der Waals surface area (Å²) in [5.74, 6) is 1.75. The van der Waals surface area contributed by atoms with Gasteiger partial charge in [0, 0.05) is 73.8 Å².